The third-order valence-electron chi connectivity index (χ3n) is 2.57. The summed E-state index contributed by atoms with van der Waals surface area (Å²) in [4.78, 5) is 0. The predicted molar refractivity (Wildman–Crippen MR) is 57.8 cm³/mol. The quantitative estimate of drug-likeness (QED) is 0.773. The first kappa shape index (κ1) is 10.5. The van der Waals surface area contributed by atoms with Gasteiger partial charge in [0.1, 0.15) is 0 Å². The lowest BCUT2D eigenvalue weighted by molar-refractivity contribution is 0.554. The lowest BCUT2D eigenvalue weighted by Crippen LogP contribution is -2.12. The highest BCUT2D eigenvalue weighted by Crippen LogP contribution is 2.28. The Hall–Kier alpha value is -1.04. The molecule has 0 atom stereocenters. The van der Waals surface area contributed by atoms with Gasteiger partial charge >= 0.3 is 0 Å². The fourth-order valence-corrected chi connectivity index (χ4v) is 3.61. The van der Waals surface area contributed by atoms with Gasteiger partial charge < -0.3 is 5.32 Å². The summed E-state index contributed by atoms with van der Waals surface area (Å²) in [7, 11) is -3.16. The smallest absolute Gasteiger partial charge is 0.197 e. The standard InChI is InChI=1S/C9H15N3O2S/c1-3-12-9-8(7(2)11-12)10-5-4-6-15(9,13)14/h10H,3-6H2,1-2H3. The molecule has 1 N–H and O–H groups in total. The average molecular weight is 229 g/mol. The van der Waals surface area contributed by atoms with Crippen LogP contribution in [0.1, 0.15) is 19.0 Å². The Labute approximate surface area is 89.4 Å². The number of fused-ring (bicyclic) bond motifs is 1. The van der Waals surface area contributed by atoms with Gasteiger partial charge in [-0.25, -0.2) is 8.42 Å². The summed E-state index contributed by atoms with van der Waals surface area (Å²) in [6, 6.07) is 0. The molecule has 1 aromatic heterocycles. The molecule has 84 valence electrons. The third-order valence-corrected chi connectivity index (χ3v) is 4.40. The number of sulfone groups is 1. The first-order valence-corrected chi connectivity index (χ1v) is 6.75. The number of hydrogen-bond acceptors (Lipinski definition) is 4. The maximum absolute atomic E-state index is 12.0. The maximum atomic E-state index is 12.0. The van der Waals surface area contributed by atoms with Crippen LogP contribution in [0.5, 0.6) is 0 Å². The average Bonchev–Trinajstić information content (AvgIpc) is 2.41. The highest BCUT2D eigenvalue weighted by molar-refractivity contribution is 7.91. The number of nitrogens with one attached hydrogen (secondary N) is 1. The second-order valence-corrected chi connectivity index (χ2v) is 5.70. The fourth-order valence-electron chi connectivity index (χ4n) is 1.87. The Morgan fingerprint density at radius 1 is 1.53 bits per heavy atom. The number of anilines is 1. The van der Waals surface area contributed by atoms with Crippen molar-refractivity contribution >= 4 is 15.5 Å². The number of nitrogens with zero attached hydrogens (tertiary/aromatic N) is 2. The summed E-state index contributed by atoms with van der Waals surface area (Å²) in [5.41, 5.74) is 1.45. The van der Waals surface area contributed by atoms with Crippen LogP contribution in [0, 0.1) is 6.92 Å². The Balaban J connectivity index is 2.69. The highest BCUT2D eigenvalue weighted by atomic mass is 32.2. The summed E-state index contributed by atoms with van der Waals surface area (Å²) in [6.45, 7) is 5.01. The lowest BCUT2D eigenvalue weighted by Gasteiger charge is -2.04. The van der Waals surface area contributed by atoms with Gasteiger partial charge in [0, 0.05) is 13.1 Å². The number of hydrogen-bond donors (Lipinski definition) is 1. The molecule has 0 amide bonds. The van der Waals surface area contributed by atoms with Crippen LogP contribution in [0.25, 0.3) is 0 Å². The summed E-state index contributed by atoms with van der Waals surface area (Å²) in [5, 5.41) is 7.73. The van der Waals surface area contributed by atoms with Crippen molar-refractivity contribution in [3.63, 3.8) is 0 Å². The molecule has 2 heterocycles. The molecular formula is C9H15N3O2S. The molecule has 0 aromatic carbocycles. The normalized spacial score (nSPS) is 19.1. The Morgan fingerprint density at radius 3 is 2.93 bits per heavy atom. The Morgan fingerprint density at radius 2 is 2.27 bits per heavy atom. The van der Waals surface area contributed by atoms with Crippen molar-refractivity contribution in [2.24, 2.45) is 0 Å². The van der Waals surface area contributed by atoms with E-state index in [-0.39, 0.29) is 5.75 Å². The van der Waals surface area contributed by atoms with Crippen molar-refractivity contribution in [1.29, 1.82) is 0 Å². The van der Waals surface area contributed by atoms with E-state index in [9.17, 15) is 8.42 Å². The van der Waals surface area contributed by atoms with Crippen LogP contribution >= 0.6 is 0 Å². The van der Waals surface area contributed by atoms with Crippen molar-refractivity contribution in [3.8, 4) is 0 Å². The van der Waals surface area contributed by atoms with Crippen molar-refractivity contribution in [3.05, 3.63) is 5.69 Å². The molecule has 0 fully saturated rings. The minimum Gasteiger partial charge on any atom is -0.381 e. The van der Waals surface area contributed by atoms with Crippen LogP contribution < -0.4 is 5.32 Å². The molecule has 0 aliphatic carbocycles. The van der Waals surface area contributed by atoms with Gasteiger partial charge in [0.2, 0.25) is 0 Å². The van der Waals surface area contributed by atoms with E-state index in [1.54, 1.807) is 4.68 Å². The zero-order valence-electron chi connectivity index (χ0n) is 8.95. The topological polar surface area (TPSA) is 64.0 Å². The zero-order valence-corrected chi connectivity index (χ0v) is 9.76. The van der Waals surface area contributed by atoms with E-state index in [1.807, 2.05) is 13.8 Å². The second kappa shape index (κ2) is 3.52. The van der Waals surface area contributed by atoms with Gasteiger partial charge in [-0.2, -0.15) is 5.10 Å². The first-order valence-electron chi connectivity index (χ1n) is 5.10. The monoisotopic (exact) mass is 229 g/mol. The van der Waals surface area contributed by atoms with Gasteiger partial charge in [-0.15, -0.1) is 0 Å². The van der Waals surface area contributed by atoms with Crippen LogP contribution in [0.15, 0.2) is 5.03 Å². The Kier molecular flexibility index (Phi) is 2.46. The molecular weight excluding hydrogens is 214 g/mol. The molecule has 0 bridgehead atoms. The van der Waals surface area contributed by atoms with E-state index in [0.29, 0.717) is 30.2 Å². The Bertz CT molecular complexity index is 476. The molecule has 6 heteroatoms. The van der Waals surface area contributed by atoms with Crippen LogP contribution in [-0.2, 0) is 16.4 Å². The van der Waals surface area contributed by atoms with Crippen molar-refractivity contribution in [1.82, 2.24) is 9.78 Å². The van der Waals surface area contributed by atoms with Gasteiger partial charge in [-0.05, 0) is 20.3 Å². The number of rotatable bonds is 1. The number of aromatic nitrogens is 2. The van der Waals surface area contributed by atoms with E-state index in [0.717, 1.165) is 5.69 Å². The van der Waals surface area contributed by atoms with E-state index in [1.165, 1.54) is 0 Å². The molecule has 1 aliphatic rings. The zero-order chi connectivity index (χ0) is 11.1. The fraction of sp³-hybridized carbons (Fsp3) is 0.667. The maximum Gasteiger partial charge on any atom is 0.197 e. The largest absolute Gasteiger partial charge is 0.381 e. The van der Waals surface area contributed by atoms with E-state index in [2.05, 4.69) is 10.4 Å². The number of aryl methyl sites for hydroxylation is 2. The third kappa shape index (κ3) is 1.62. The van der Waals surface area contributed by atoms with Crippen LogP contribution in [0.4, 0.5) is 5.69 Å². The van der Waals surface area contributed by atoms with E-state index in [4.69, 9.17) is 0 Å². The summed E-state index contributed by atoms with van der Waals surface area (Å²) in [6.07, 6.45) is 0.653. The highest BCUT2D eigenvalue weighted by Gasteiger charge is 2.28. The predicted octanol–water partition coefficient (Wildman–Crippen LogP) is 0.801. The summed E-state index contributed by atoms with van der Waals surface area (Å²) < 4.78 is 25.5. The van der Waals surface area contributed by atoms with Gasteiger partial charge in [-0.1, -0.05) is 0 Å². The van der Waals surface area contributed by atoms with E-state index < -0.39 is 9.84 Å². The molecule has 1 aromatic rings. The minimum atomic E-state index is -3.16. The lowest BCUT2D eigenvalue weighted by atomic mass is 10.4. The summed E-state index contributed by atoms with van der Waals surface area (Å²) >= 11 is 0. The van der Waals surface area contributed by atoms with E-state index >= 15 is 0 Å². The van der Waals surface area contributed by atoms with Crippen molar-refractivity contribution in [2.45, 2.75) is 31.8 Å². The molecule has 1 aliphatic heterocycles. The van der Waals surface area contributed by atoms with Gasteiger partial charge in [0.15, 0.2) is 14.9 Å². The van der Waals surface area contributed by atoms with Gasteiger partial charge in [0.25, 0.3) is 0 Å². The van der Waals surface area contributed by atoms with Crippen molar-refractivity contribution < 1.29 is 8.42 Å². The van der Waals surface area contributed by atoms with Gasteiger partial charge in [-0.3, -0.25) is 4.68 Å². The molecule has 0 saturated carbocycles. The molecule has 0 radical (unpaired) electrons. The summed E-state index contributed by atoms with van der Waals surface area (Å²) in [5.74, 6) is 0.206. The van der Waals surface area contributed by atoms with Crippen LogP contribution in [0.3, 0.4) is 0 Å². The van der Waals surface area contributed by atoms with Crippen LogP contribution in [0.2, 0.25) is 0 Å². The second-order valence-electron chi connectivity index (χ2n) is 3.68. The molecule has 2 rings (SSSR count). The molecule has 0 unspecified atom stereocenters. The molecule has 15 heavy (non-hydrogen) atoms. The molecule has 5 nitrogen and oxygen atoms in total. The molecule has 0 saturated heterocycles. The van der Waals surface area contributed by atoms with Crippen molar-refractivity contribution in [2.75, 3.05) is 17.6 Å². The first-order chi connectivity index (χ1) is 7.06. The SMILES string of the molecule is CCn1nc(C)c2c1S(=O)(=O)CCCN2. The minimum absolute atomic E-state index is 0.206. The molecule has 0 spiro atoms. The van der Waals surface area contributed by atoms with Gasteiger partial charge in [0.05, 0.1) is 17.1 Å². The van der Waals surface area contributed by atoms with Crippen LogP contribution in [-0.4, -0.2) is 30.5 Å².